The molecule has 1 unspecified atom stereocenters. The van der Waals surface area contributed by atoms with Gasteiger partial charge in [-0.3, -0.25) is 0 Å². The van der Waals surface area contributed by atoms with Crippen LogP contribution in [-0.2, 0) is 0 Å². The third kappa shape index (κ3) is 2.90. The van der Waals surface area contributed by atoms with Crippen LogP contribution in [0.15, 0.2) is 24.3 Å². The average molecular weight is 301 g/mol. The molecule has 0 aromatic heterocycles. The lowest BCUT2D eigenvalue weighted by Crippen LogP contribution is -2.22. The second-order valence-corrected chi connectivity index (χ2v) is 4.63. The third-order valence-corrected chi connectivity index (χ3v) is 3.21. The topological polar surface area (TPSA) is 12.0 Å². The molecule has 6 heteroatoms. The number of halogens is 5. The minimum atomic E-state index is -1.20. The Balaban J connectivity index is 2.63. The van der Waals surface area contributed by atoms with Crippen LogP contribution in [0, 0.1) is 36.0 Å². The van der Waals surface area contributed by atoms with E-state index in [1.165, 1.54) is 14.0 Å². The molecule has 0 saturated carbocycles. The Kier molecular flexibility index (Phi) is 4.27. The molecule has 0 radical (unpaired) electrons. The fraction of sp³-hybridized carbons (Fsp3) is 0.200. The van der Waals surface area contributed by atoms with Crippen molar-refractivity contribution in [2.24, 2.45) is 0 Å². The summed E-state index contributed by atoms with van der Waals surface area (Å²) in [5, 5.41) is 2.56. The molecule has 1 nitrogen and oxygen atoms in total. The molecule has 0 saturated heterocycles. The van der Waals surface area contributed by atoms with Crippen molar-refractivity contribution in [1.82, 2.24) is 5.32 Å². The van der Waals surface area contributed by atoms with Crippen LogP contribution in [0.4, 0.5) is 22.0 Å². The molecule has 1 atom stereocenters. The second-order valence-electron chi connectivity index (χ2n) is 4.63. The summed E-state index contributed by atoms with van der Waals surface area (Å²) in [6, 6.07) is 1.63. The van der Waals surface area contributed by atoms with Gasteiger partial charge in [-0.2, -0.15) is 0 Å². The average Bonchev–Trinajstić information content (AvgIpc) is 2.38. The quantitative estimate of drug-likeness (QED) is 0.845. The van der Waals surface area contributed by atoms with Gasteiger partial charge in [0.15, 0.2) is 0 Å². The van der Waals surface area contributed by atoms with E-state index in [1.807, 2.05) is 0 Å². The van der Waals surface area contributed by atoms with E-state index in [0.29, 0.717) is 18.2 Å². The molecule has 0 amide bonds. The van der Waals surface area contributed by atoms with Gasteiger partial charge >= 0.3 is 0 Å². The van der Waals surface area contributed by atoms with E-state index in [1.54, 1.807) is 0 Å². The largest absolute Gasteiger partial charge is 0.309 e. The van der Waals surface area contributed by atoms with Gasteiger partial charge in [-0.05, 0) is 25.6 Å². The zero-order valence-corrected chi connectivity index (χ0v) is 11.3. The monoisotopic (exact) mass is 301 g/mol. The van der Waals surface area contributed by atoms with Crippen molar-refractivity contribution in [3.63, 3.8) is 0 Å². The zero-order valence-electron chi connectivity index (χ0n) is 11.3. The lowest BCUT2D eigenvalue weighted by molar-refractivity contribution is 0.488. The number of hydrogen-bond donors (Lipinski definition) is 1. The number of rotatable bonds is 3. The summed E-state index contributed by atoms with van der Waals surface area (Å²) in [7, 11) is 1.37. The number of nitrogens with one attached hydrogen (secondary N) is 1. The Bertz CT molecular complexity index is 661. The molecule has 21 heavy (non-hydrogen) atoms. The van der Waals surface area contributed by atoms with Gasteiger partial charge in [-0.15, -0.1) is 0 Å². The van der Waals surface area contributed by atoms with Crippen molar-refractivity contribution in [1.29, 1.82) is 0 Å². The fourth-order valence-electron chi connectivity index (χ4n) is 2.19. The second kappa shape index (κ2) is 5.81. The Morgan fingerprint density at radius 3 is 1.90 bits per heavy atom. The van der Waals surface area contributed by atoms with E-state index in [4.69, 9.17) is 0 Å². The molecular formula is C15H12F5N. The SMILES string of the molecule is CNC(c1cc(C)c(F)cc1F)c1c(F)cc(F)cc1F. The van der Waals surface area contributed by atoms with E-state index in [-0.39, 0.29) is 11.1 Å². The van der Waals surface area contributed by atoms with Gasteiger partial charge in [-0.1, -0.05) is 0 Å². The highest BCUT2D eigenvalue weighted by Crippen LogP contribution is 2.30. The normalized spacial score (nSPS) is 12.5. The predicted octanol–water partition coefficient (Wildman–Crippen LogP) is 4.00. The molecule has 0 heterocycles. The number of hydrogen-bond acceptors (Lipinski definition) is 1. The molecule has 2 aromatic rings. The summed E-state index contributed by atoms with van der Waals surface area (Å²) in [6.45, 7) is 1.41. The van der Waals surface area contributed by atoms with E-state index < -0.39 is 40.7 Å². The van der Waals surface area contributed by atoms with Crippen LogP contribution in [0.5, 0.6) is 0 Å². The first kappa shape index (κ1) is 15.4. The molecule has 112 valence electrons. The molecule has 0 aliphatic carbocycles. The predicted molar refractivity (Wildman–Crippen MR) is 68.3 cm³/mol. The van der Waals surface area contributed by atoms with Crippen LogP contribution in [0.3, 0.4) is 0 Å². The van der Waals surface area contributed by atoms with Gasteiger partial charge in [0.2, 0.25) is 0 Å². The van der Waals surface area contributed by atoms with Gasteiger partial charge in [-0.25, -0.2) is 22.0 Å². The van der Waals surface area contributed by atoms with E-state index in [0.717, 1.165) is 6.07 Å². The first-order valence-corrected chi connectivity index (χ1v) is 6.12. The van der Waals surface area contributed by atoms with Crippen LogP contribution in [0.25, 0.3) is 0 Å². The summed E-state index contributed by atoms with van der Waals surface area (Å²) in [6.07, 6.45) is 0. The first-order chi connectivity index (χ1) is 9.85. The lowest BCUT2D eigenvalue weighted by Gasteiger charge is -2.20. The maximum Gasteiger partial charge on any atom is 0.134 e. The van der Waals surface area contributed by atoms with Crippen LogP contribution >= 0.6 is 0 Å². The minimum absolute atomic E-state index is 0.124. The molecule has 0 aliphatic rings. The van der Waals surface area contributed by atoms with Crippen LogP contribution in [-0.4, -0.2) is 7.05 Å². The fourth-order valence-corrected chi connectivity index (χ4v) is 2.19. The van der Waals surface area contributed by atoms with Gasteiger partial charge in [0.1, 0.15) is 29.1 Å². The number of benzene rings is 2. The van der Waals surface area contributed by atoms with Gasteiger partial charge in [0.25, 0.3) is 0 Å². The Morgan fingerprint density at radius 1 is 0.810 bits per heavy atom. The van der Waals surface area contributed by atoms with Gasteiger partial charge < -0.3 is 5.32 Å². The van der Waals surface area contributed by atoms with E-state index in [2.05, 4.69) is 5.32 Å². The summed E-state index contributed by atoms with van der Waals surface area (Å²) >= 11 is 0. The molecule has 0 fully saturated rings. The molecule has 2 aromatic carbocycles. The van der Waals surface area contributed by atoms with Crippen molar-refractivity contribution in [2.45, 2.75) is 13.0 Å². The Morgan fingerprint density at radius 2 is 1.38 bits per heavy atom. The molecule has 1 N–H and O–H groups in total. The Hall–Kier alpha value is -1.95. The zero-order chi connectivity index (χ0) is 15.7. The smallest absolute Gasteiger partial charge is 0.134 e. The minimum Gasteiger partial charge on any atom is -0.309 e. The molecular weight excluding hydrogens is 289 g/mol. The van der Waals surface area contributed by atoms with Crippen molar-refractivity contribution < 1.29 is 22.0 Å². The maximum atomic E-state index is 13.9. The van der Waals surface area contributed by atoms with Crippen molar-refractivity contribution in [3.05, 3.63) is 70.0 Å². The molecule has 0 aliphatic heterocycles. The van der Waals surface area contributed by atoms with Crippen molar-refractivity contribution in [2.75, 3.05) is 7.05 Å². The highest BCUT2D eigenvalue weighted by molar-refractivity contribution is 5.37. The van der Waals surface area contributed by atoms with Crippen LogP contribution in [0.1, 0.15) is 22.7 Å². The molecule has 0 bridgehead atoms. The summed E-state index contributed by atoms with van der Waals surface area (Å²) in [5.41, 5.74) is -0.515. The number of aryl methyl sites for hydroxylation is 1. The first-order valence-electron chi connectivity index (χ1n) is 6.12. The summed E-state index contributed by atoms with van der Waals surface area (Å²) < 4.78 is 67.8. The molecule has 2 rings (SSSR count). The van der Waals surface area contributed by atoms with E-state index >= 15 is 0 Å². The third-order valence-electron chi connectivity index (χ3n) is 3.21. The highest BCUT2D eigenvalue weighted by Gasteiger charge is 2.25. The van der Waals surface area contributed by atoms with Crippen LogP contribution in [0.2, 0.25) is 0 Å². The van der Waals surface area contributed by atoms with Crippen molar-refractivity contribution in [3.8, 4) is 0 Å². The Labute approximate surface area is 118 Å². The van der Waals surface area contributed by atoms with Gasteiger partial charge in [0.05, 0.1) is 6.04 Å². The summed E-state index contributed by atoms with van der Waals surface area (Å²) in [4.78, 5) is 0. The van der Waals surface area contributed by atoms with E-state index in [9.17, 15) is 22.0 Å². The van der Waals surface area contributed by atoms with Crippen LogP contribution < -0.4 is 5.32 Å². The standard InChI is InChI=1S/C15H12F5N/c1-7-3-9(11(18)6-10(7)17)15(21-2)14-12(19)4-8(16)5-13(14)20/h3-6,15,21H,1-2H3. The van der Waals surface area contributed by atoms with Gasteiger partial charge in [0, 0.05) is 29.3 Å². The summed E-state index contributed by atoms with van der Waals surface area (Å²) in [5.74, 6) is -5.06. The lowest BCUT2D eigenvalue weighted by atomic mass is 9.95. The van der Waals surface area contributed by atoms with Crippen molar-refractivity contribution >= 4 is 0 Å². The highest BCUT2D eigenvalue weighted by atomic mass is 19.2. The maximum absolute atomic E-state index is 13.9. The molecule has 0 spiro atoms.